The van der Waals surface area contributed by atoms with Crippen LogP contribution in [0.4, 0.5) is 0 Å². The topological polar surface area (TPSA) is 41.8 Å². The Morgan fingerprint density at radius 1 is 1.31 bits per heavy atom. The largest absolute Gasteiger partial charge is 0.349 e. The van der Waals surface area contributed by atoms with Gasteiger partial charge in [-0.15, -0.1) is 11.8 Å². The van der Waals surface area contributed by atoms with Crippen molar-refractivity contribution in [3.8, 4) is 0 Å². The molecule has 86 valence electrons. The summed E-state index contributed by atoms with van der Waals surface area (Å²) in [6.45, 7) is 4.00. The smallest absolute Gasteiger partial charge is 0.0766 e. The van der Waals surface area contributed by atoms with Crippen molar-refractivity contribution in [1.29, 1.82) is 0 Å². The molecule has 0 aliphatic carbocycles. The van der Waals surface area contributed by atoms with E-state index in [0.29, 0.717) is 6.04 Å². The number of para-hydroxylation sites is 1. The zero-order valence-corrected chi connectivity index (χ0v) is 10.6. The Morgan fingerprint density at radius 2 is 2.06 bits per heavy atom. The molecule has 2 heterocycles. The number of nitrogens with two attached hydrogens (primary N) is 1. The number of H-pyrrole nitrogens is 1. The van der Waals surface area contributed by atoms with Crippen molar-refractivity contribution in [1.82, 2.24) is 4.98 Å². The number of nitrogens with one attached hydrogen (secondary N) is 1. The highest BCUT2D eigenvalue weighted by atomic mass is 32.2. The Kier molecular flexibility index (Phi) is 3.56. The van der Waals surface area contributed by atoms with Crippen molar-refractivity contribution in [2.24, 2.45) is 5.73 Å². The fraction of sp³-hybridized carbons (Fsp3) is 0.385. The predicted molar refractivity (Wildman–Crippen MR) is 72.1 cm³/mol. The molecule has 1 atom stereocenters. The normalized spacial score (nSPS) is 18.8. The van der Waals surface area contributed by atoms with Crippen LogP contribution in [0.15, 0.2) is 29.3 Å². The van der Waals surface area contributed by atoms with E-state index in [4.69, 9.17) is 5.73 Å². The van der Waals surface area contributed by atoms with Crippen LogP contribution in [0.5, 0.6) is 0 Å². The minimum Gasteiger partial charge on any atom is -0.349 e. The molecule has 2 nitrogen and oxygen atoms in total. The summed E-state index contributed by atoms with van der Waals surface area (Å²) in [6.07, 6.45) is 1.01. The maximum Gasteiger partial charge on any atom is 0.0766 e. The van der Waals surface area contributed by atoms with Gasteiger partial charge in [0.05, 0.1) is 5.03 Å². The molecular formula is C13H18N2S. The molecule has 0 radical (unpaired) electrons. The van der Waals surface area contributed by atoms with Gasteiger partial charge in [0.1, 0.15) is 0 Å². The highest BCUT2D eigenvalue weighted by molar-refractivity contribution is 7.99. The predicted octanol–water partition coefficient (Wildman–Crippen LogP) is 3.17. The Morgan fingerprint density at radius 3 is 2.88 bits per heavy atom. The monoisotopic (exact) mass is 234 g/mol. The molecule has 0 saturated carbocycles. The Labute approximate surface area is 101 Å². The Bertz CT molecular complexity index is 476. The van der Waals surface area contributed by atoms with Gasteiger partial charge >= 0.3 is 0 Å². The lowest BCUT2D eigenvalue weighted by atomic mass is 10.1. The molecular weight excluding hydrogens is 216 g/mol. The quantitative estimate of drug-likeness (QED) is 0.735. The number of aromatic nitrogens is 1. The lowest BCUT2D eigenvalue weighted by molar-refractivity contribution is 0.727. The van der Waals surface area contributed by atoms with Gasteiger partial charge in [0.25, 0.3) is 0 Å². The SMILES string of the molecule is CC.NC1CSc2[nH]c3ccccc3c2C1. The summed E-state index contributed by atoms with van der Waals surface area (Å²) in [6, 6.07) is 8.76. The lowest BCUT2D eigenvalue weighted by Gasteiger charge is -2.17. The summed E-state index contributed by atoms with van der Waals surface area (Å²) in [5, 5.41) is 2.65. The number of thioether (sulfide) groups is 1. The van der Waals surface area contributed by atoms with Crippen LogP contribution in [0.2, 0.25) is 0 Å². The molecule has 0 bridgehead atoms. The van der Waals surface area contributed by atoms with Crippen molar-refractivity contribution in [3.63, 3.8) is 0 Å². The van der Waals surface area contributed by atoms with Crippen molar-refractivity contribution < 1.29 is 0 Å². The zero-order chi connectivity index (χ0) is 11.5. The van der Waals surface area contributed by atoms with Crippen LogP contribution in [-0.2, 0) is 6.42 Å². The van der Waals surface area contributed by atoms with Gasteiger partial charge in [0.2, 0.25) is 0 Å². The van der Waals surface area contributed by atoms with Gasteiger partial charge < -0.3 is 10.7 Å². The Hall–Kier alpha value is -0.930. The molecule has 3 N–H and O–H groups in total. The summed E-state index contributed by atoms with van der Waals surface area (Å²) in [5.74, 6) is 1.03. The second kappa shape index (κ2) is 4.93. The van der Waals surface area contributed by atoms with E-state index in [1.807, 2.05) is 25.6 Å². The molecule has 0 fully saturated rings. The molecule has 16 heavy (non-hydrogen) atoms. The van der Waals surface area contributed by atoms with E-state index < -0.39 is 0 Å². The van der Waals surface area contributed by atoms with Gasteiger partial charge in [-0.3, -0.25) is 0 Å². The van der Waals surface area contributed by atoms with Crippen molar-refractivity contribution in [2.45, 2.75) is 31.3 Å². The number of aromatic amines is 1. The molecule has 1 aromatic heterocycles. The average Bonchev–Trinajstić information content (AvgIpc) is 2.70. The van der Waals surface area contributed by atoms with E-state index in [1.165, 1.54) is 21.5 Å². The number of fused-ring (bicyclic) bond motifs is 3. The molecule has 1 aliphatic rings. The van der Waals surface area contributed by atoms with Crippen LogP contribution in [-0.4, -0.2) is 16.8 Å². The molecule has 1 unspecified atom stereocenters. The molecule has 0 saturated heterocycles. The second-order valence-corrected chi connectivity index (χ2v) is 4.78. The van der Waals surface area contributed by atoms with Gasteiger partial charge in [0.15, 0.2) is 0 Å². The maximum atomic E-state index is 5.97. The van der Waals surface area contributed by atoms with Crippen LogP contribution in [0.1, 0.15) is 19.4 Å². The van der Waals surface area contributed by atoms with Gasteiger partial charge in [-0.2, -0.15) is 0 Å². The maximum absolute atomic E-state index is 5.97. The summed E-state index contributed by atoms with van der Waals surface area (Å²) >= 11 is 1.84. The van der Waals surface area contributed by atoms with E-state index in [0.717, 1.165) is 12.2 Å². The van der Waals surface area contributed by atoms with Crippen LogP contribution in [0.3, 0.4) is 0 Å². The minimum absolute atomic E-state index is 0.312. The summed E-state index contributed by atoms with van der Waals surface area (Å²) in [5.41, 5.74) is 8.61. The van der Waals surface area contributed by atoms with Crippen LogP contribution in [0, 0.1) is 0 Å². The van der Waals surface area contributed by atoms with Crippen LogP contribution >= 0.6 is 11.8 Å². The highest BCUT2D eigenvalue weighted by Gasteiger charge is 2.19. The first-order chi connectivity index (χ1) is 7.84. The fourth-order valence-corrected chi connectivity index (χ4v) is 3.06. The van der Waals surface area contributed by atoms with Gasteiger partial charge in [-0.25, -0.2) is 0 Å². The highest BCUT2D eigenvalue weighted by Crippen LogP contribution is 2.34. The summed E-state index contributed by atoms with van der Waals surface area (Å²) in [7, 11) is 0. The molecule has 1 aromatic carbocycles. The lowest BCUT2D eigenvalue weighted by Crippen LogP contribution is -2.28. The van der Waals surface area contributed by atoms with E-state index >= 15 is 0 Å². The molecule has 2 aromatic rings. The molecule has 1 aliphatic heterocycles. The summed E-state index contributed by atoms with van der Waals surface area (Å²) in [4.78, 5) is 3.44. The first-order valence-electron chi connectivity index (χ1n) is 5.82. The van der Waals surface area contributed by atoms with Crippen molar-refractivity contribution >= 4 is 22.7 Å². The van der Waals surface area contributed by atoms with E-state index in [2.05, 4.69) is 29.2 Å². The third-order valence-corrected chi connectivity index (χ3v) is 3.91. The molecule has 3 rings (SSSR count). The number of benzene rings is 1. The molecule has 3 heteroatoms. The zero-order valence-electron chi connectivity index (χ0n) is 9.79. The average molecular weight is 234 g/mol. The van der Waals surface area contributed by atoms with Gasteiger partial charge in [0, 0.05) is 22.7 Å². The van der Waals surface area contributed by atoms with Crippen LogP contribution < -0.4 is 5.73 Å². The van der Waals surface area contributed by atoms with E-state index in [1.54, 1.807) is 0 Å². The second-order valence-electron chi connectivity index (χ2n) is 3.75. The van der Waals surface area contributed by atoms with Crippen molar-refractivity contribution in [3.05, 3.63) is 29.8 Å². The number of hydrogen-bond acceptors (Lipinski definition) is 2. The first-order valence-corrected chi connectivity index (χ1v) is 6.81. The fourth-order valence-electron chi connectivity index (χ4n) is 2.01. The van der Waals surface area contributed by atoms with Crippen molar-refractivity contribution in [2.75, 3.05) is 5.75 Å². The summed E-state index contributed by atoms with van der Waals surface area (Å²) < 4.78 is 0. The Balaban J connectivity index is 0.000000457. The van der Waals surface area contributed by atoms with E-state index in [-0.39, 0.29) is 0 Å². The number of rotatable bonds is 0. The van der Waals surface area contributed by atoms with E-state index in [9.17, 15) is 0 Å². The van der Waals surface area contributed by atoms with Crippen LogP contribution in [0.25, 0.3) is 10.9 Å². The third-order valence-electron chi connectivity index (χ3n) is 2.68. The third kappa shape index (κ3) is 1.97. The molecule has 0 spiro atoms. The van der Waals surface area contributed by atoms with Gasteiger partial charge in [-0.1, -0.05) is 32.0 Å². The van der Waals surface area contributed by atoms with Gasteiger partial charge in [-0.05, 0) is 18.1 Å². The minimum atomic E-state index is 0.312. The molecule has 0 amide bonds. The first kappa shape index (κ1) is 11.6. The number of hydrogen-bond donors (Lipinski definition) is 2. The standard InChI is InChI=1S/C11H12N2S.C2H6/c12-7-5-9-8-3-1-2-4-10(8)13-11(9)14-6-7;1-2/h1-4,7,13H,5-6,12H2;1-2H3.